The highest BCUT2D eigenvalue weighted by molar-refractivity contribution is 8.78. The van der Waals surface area contributed by atoms with Crippen LogP contribution in [0.3, 0.4) is 0 Å². The van der Waals surface area contributed by atoms with Crippen LogP contribution in [0.2, 0.25) is 0 Å². The van der Waals surface area contributed by atoms with Crippen molar-refractivity contribution < 1.29 is 22.7 Å². The third kappa shape index (κ3) is 10.1. The second kappa shape index (κ2) is 17.4. The van der Waals surface area contributed by atoms with Crippen molar-refractivity contribution >= 4 is 60.5 Å². The molecule has 1 amide bonds. The molecule has 1 N–H and O–H groups in total. The summed E-state index contributed by atoms with van der Waals surface area (Å²) in [6, 6.07) is 9.55. The minimum atomic E-state index is -4.02. The van der Waals surface area contributed by atoms with Crippen molar-refractivity contribution in [2.24, 2.45) is 0 Å². The first kappa shape index (κ1) is 36.2. The Bertz CT molecular complexity index is 1390. The van der Waals surface area contributed by atoms with Crippen LogP contribution in [0.5, 0.6) is 0 Å². The van der Waals surface area contributed by atoms with Crippen molar-refractivity contribution in [3.63, 3.8) is 0 Å². The molecular weight excluding hydrogens is 617 g/mol. The number of nitrogens with zero attached hydrogens (tertiary/aromatic N) is 3. The van der Waals surface area contributed by atoms with Crippen LogP contribution in [0, 0.1) is 0 Å². The Balaban J connectivity index is 1.67. The standard InChI is InChI=1S/C32H48N4O5S3/c1-7-12-24(2)42-43-30(26(4)36(23-37)21-20-35-18-8-9-19-35)17-22-41-32(38)25(3)33-44(39,40)31-16-11-13-27-28(31)14-10-15-29(27)34(5)6/h10-11,13-16,23-25,33H,7-9,12,17-22H2,1-6H3. The van der Waals surface area contributed by atoms with Crippen LogP contribution < -0.4 is 9.62 Å². The Labute approximate surface area is 271 Å². The fourth-order valence-corrected chi connectivity index (χ4v) is 9.37. The second-order valence-electron chi connectivity index (χ2n) is 11.4. The molecule has 1 fully saturated rings. The number of hydrogen-bond donors (Lipinski definition) is 1. The van der Waals surface area contributed by atoms with Crippen LogP contribution in [0.1, 0.15) is 59.8 Å². The van der Waals surface area contributed by atoms with Crippen LogP contribution in [0.15, 0.2) is 51.9 Å². The van der Waals surface area contributed by atoms with E-state index >= 15 is 0 Å². The number of esters is 1. The predicted molar refractivity (Wildman–Crippen MR) is 184 cm³/mol. The summed E-state index contributed by atoms with van der Waals surface area (Å²) in [5.74, 6) is -0.655. The van der Waals surface area contributed by atoms with Gasteiger partial charge in [-0.3, -0.25) is 9.59 Å². The lowest BCUT2D eigenvalue weighted by molar-refractivity contribution is -0.145. The number of amides is 1. The third-order valence-corrected chi connectivity index (χ3v) is 12.6. The third-order valence-electron chi connectivity index (χ3n) is 7.71. The molecule has 0 radical (unpaired) electrons. The fraction of sp³-hybridized carbons (Fsp3) is 0.562. The zero-order chi connectivity index (χ0) is 32.3. The summed E-state index contributed by atoms with van der Waals surface area (Å²) in [4.78, 5) is 32.1. The molecule has 3 rings (SSSR count). The minimum absolute atomic E-state index is 0.0760. The Morgan fingerprint density at radius 1 is 1.11 bits per heavy atom. The first-order valence-corrected chi connectivity index (χ1v) is 19.0. The van der Waals surface area contributed by atoms with Gasteiger partial charge in [-0.05, 0) is 58.3 Å². The van der Waals surface area contributed by atoms with Crippen molar-refractivity contribution in [3.05, 3.63) is 47.0 Å². The number of rotatable bonds is 18. The zero-order valence-electron chi connectivity index (χ0n) is 26.9. The van der Waals surface area contributed by atoms with Gasteiger partial charge in [-0.1, -0.05) is 66.1 Å². The molecule has 0 spiro atoms. The number of hydrogen-bond acceptors (Lipinski definition) is 9. The van der Waals surface area contributed by atoms with Gasteiger partial charge in [-0.2, -0.15) is 4.72 Å². The first-order chi connectivity index (χ1) is 21.0. The number of likely N-dealkylation sites (tertiary alicyclic amines) is 1. The summed E-state index contributed by atoms with van der Waals surface area (Å²) in [6.07, 6.45) is 5.87. The molecule has 2 aromatic carbocycles. The van der Waals surface area contributed by atoms with Crippen molar-refractivity contribution in [2.75, 3.05) is 51.8 Å². The quantitative estimate of drug-likeness (QED) is 0.119. The van der Waals surface area contributed by atoms with E-state index in [2.05, 4.69) is 23.5 Å². The predicted octanol–water partition coefficient (Wildman–Crippen LogP) is 5.86. The lowest BCUT2D eigenvalue weighted by atomic mass is 10.1. The number of carbonyl (C=O) groups is 2. The molecule has 9 nitrogen and oxygen atoms in total. The second-order valence-corrected chi connectivity index (χ2v) is 15.8. The van der Waals surface area contributed by atoms with Gasteiger partial charge in [0, 0.05) is 65.9 Å². The maximum atomic E-state index is 13.4. The van der Waals surface area contributed by atoms with E-state index in [-0.39, 0.29) is 11.5 Å². The Morgan fingerprint density at radius 3 is 2.45 bits per heavy atom. The van der Waals surface area contributed by atoms with Crippen LogP contribution in [0.25, 0.3) is 10.8 Å². The Hall–Kier alpha value is -2.25. The molecule has 1 aliphatic heterocycles. The largest absolute Gasteiger partial charge is 0.464 e. The molecule has 0 bridgehead atoms. The summed E-state index contributed by atoms with van der Waals surface area (Å²) < 4.78 is 34.9. The lowest BCUT2D eigenvalue weighted by Gasteiger charge is -2.25. The maximum Gasteiger partial charge on any atom is 0.323 e. The molecule has 0 aliphatic carbocycles. The number of anilines is 1. The normalized spacial score (nSPS) is 16.0. The van der Waals surface area contributed by atoms with Crippen LogP contribution in [-0.2, 0) is 24.3 Å². The van der Waals surface area contributed by atoms with E-state index < -0.39 is 22.0 Å². The SMILES string of the molecule is CCCC(C)SSC(CCOC(=O)C(C)NS(=O)(=O)c1cccc2c(N(C)C)cccc12)=C(C)N(C=O)CCN1CCCC1. The topological polar surface area (TPSA) is 99.3 Å². The van der Waals surface area contributed by atoms with Crippen LogP contribution in [-0.4, -0.2) is 88.8 Å². The molecule has 44 heavy (non-hydrogen) atoms. The molecule has 244 valence electrons. The van der Waals surface area contributed by atoms with Crippen LogP contribution in [0.4, 0.5) is 5.69 Å². The average Bonchev–Trinajstić information content (AvgIpc) is 3.51. The zero-order valence-corrected chi connectivity index (χ0v) is 29.3. The number of fused-ring (bicyclic) bond motifs is 1. The molecule has 0 aromatic heterocycles. The van der Waals surface area contributed by atoms with Gasteiger partial charge in [0.1, 0.15) is 6.04 Å². The summed E-state index contributed by atoms with van der Waals surface area (Å²) in [5.41, 5.74) is 1.76. The van der Waals surface area contributed by atoms with Crippen molar-refractivity contribution in [2.45, 2.75) is 76.0 Å². The smallest absolute Gasteiger partial charge is 0.323 e. The summed E-state index contributed by atoms with van der Waals surface area (Å²) >= 11 is 0. The highest BCUT2D eigenvalue weighted by Crippen LogP contribution is 2.39. The number of benzene rings is 2. The van der Waals surface area contributed by atoms with Gasteiger partial charge in [-0.25, -0.2) is 8.42 Å². The monoisotopic (exact) mass is 664 g/mol. The van der Waals surface area contributed by atoms with E-state index in [1.807, 2.05) is 44.1 Å². The number of sulfonamides is 1. The Morgan fingerprint density at radius 2 is 1.80 bits per heavy atom. The molecule has 12 heteroatoms. The molecule has 1 aliphatic rings. The van der Waals surface area contributed by atoms with Gasteiger partial charge < -0.3 is 19.4 Å². The van der Waals surface area contributed by atoms with Gasteiger partial charge in [-0.15, -0.1) is 0 Å². The molecular formula is C32H48N4O5S3. The van der Waals surface area contributed by atoms with E-state index in [1.165, 1.54) is 19.8 Å². The summed E-state index contributed by atoms with van der Waals surface area (Å²) in [7, 11) is 3.18. The number of allylic oxidation sites excluding steroid dienone is 1. The summed E-state index contributed by atoms with van der Waals surface area (Å²) in [5, 5.41) is 1.81. The van der Waals surface area contributed by atoms with E-state index in [0.717, 1.165) is 60.6 Å². The molecule has 1 heterocycles. The van der Waals surface area contributed by atoms with Gasteiger partial charge in [0.25, 0.3) is 0 Å². The van der Waals surface area contributed by atoms with E-state index in [1.54, 1.807) is 44.7 Å². The van der Waals surface area contributed by atoms with Gasteiger partial charge in [0.15, 0.2) is 0 Å². The van der Waals surface area contributed by atoms with Gasteiger partial charge >= 0.3 is 5.97 Å². The minimum Gasteiger partial charge on any atom is -0.464 e. The molecule has 2 atom stereocenters. The lowest BCUT2D eigenvalue weighted by Crippen LogP contribution is -2.39. The first-order valence-electron chi connectivity index (χ1n) is 15.3. The van der Waals surface area contributed by atoms with Gasteiger partial charge in [0.2, 0.25) is 16.4 Å². The van der Waals surface area contributed by atoms with Gasteiger partial charge in [0.05, 0.1) is 11.5 Å². The molecule has 1 saturated heterocycles. The van der Waals surface area contributed by atoms with Crippen LogP contribution >= 0.6 is 21.6 Å². The van der Waals surface area contributed by atoms with Crippen molar-refractivity contribution in [1.29, 1.82) is 0 Å². The molecule has 2 aromatic rings. The number of carbonyl (C=O) groups excluding carboxylic acids is 2. The number of ether oxygens (including phenoxy) is 1. The molecule has 0 saturated carbocycles. The van der Waals surface area contributed by atoms with Crippen molar-refractivity contribution in [1.82, 2.24) is 14.5 Å². The van der Waals surface area contributed by atoms with E-state index in [0.29, 0.717) is 23.6 Å². The van der Waals surface area contributed by atoms with E-state index in [9.17, 15) is 18.0 Å². The highest BCUT2D eigenvalue weighted by Gasteiger charge is 2.25. The molecule has 2 unspecified atom stereocenters. The highest BCUT2D eigenvalue weighted by atomic mass is 33.1. The maximum absolute atomic E-state index is 13.4. The summed E-state index contributed by atoms with van der Waals surface area (Å²) in [6.45, 7) is 11.4. The average molecular weight is 665 g/mol. The fourth-order valence-electron chi connectivity index (χ4n) is 5.20. The number of nitrogens with one attached hydrogen (secondary N) is 1. The Kier molecular flexibility index (Phi) is 14.4. The van der Waals surface area contributed by atoms with E-state index in [4.69, 9.17) is 4.74 Å². The van der Waals surface area contributed by atoms with Crippen molar-refractivity contribution in [3.8, 4) is 0 Å².